The molecule has 5 nitrogen and oxygen atoms in total. The Morgan fingerprint density at radius 3 is 2.61 bits per heavy atom. The number of hydrogen-bond donors (Lipinski definition) is 1. The number of hydrogen-bond acceptors (Lipinski definition) is 4. The van der Waals surface area contributed by atoms with E-state index in [9.17, 15) is 9.90 Å². The van der Waals surface area contributed by atoms with Crippen molar-refractivity contribution in [3.63, 3.8) is 0 Å². The number of methoxy groups -OCH3 is 1. The zero-order valence-corrected chi connectivity index (χ0v) is 12.1. The molecule has 1 amide bonds. The van der Waals surface area contributed by atoms with Crippen LogP contribution in [0.3, 0.4) is 0 Å². The molecule has 1 aliphatic rings. The van der Waals surface area contributed by atoms with Crippen LogP contribution in [0.5, 0.6) is 0 Å². The standard InChI is InChI=1S/C13H26N2O3/c1-6-13(2,18-5)12(17)15-9-11(16)7-10(15)8-14(3)4/h10-11,16H,6-9H2,1-5H3. The minimum atomic E-state index is -0.783. The molecule has 5 heteroatoms. The molecule has 1 fully saturated rings. The van der Waals surface area contributed by atoms with Crippen LogP contribution in [-0.4, -0.2) is 72.9 Å². The first kappa shape index (κ1) is 15.4. The van der Waals surface area contributed by atoms with Crippen LogP contribution in [0.4, 0.5) is 0 Å². The van der Waals surface area contributed by atoms with E-state index in [0.717, 1.165) is 6.54 Å². The van der Waals surface area contributed by atoms with Gasteiger partial charge in [-0.15, -0.1) is 0 Å². The fourth-order valence-corrected chi connectivity index (χ4v) is 2.42. The molecule has 106 valence electrons. The summed E-state index contributed by atoms with van der Waals surface area (Å²) in [5.74, 6) is -0.0177. The molecule has 0 bridgehead atoms. The van der Waals surface area contributed by atoms with E-state index in [1.165, 1.54) is 0 Å². The lowest BCUT2D eigenvalue weighted by Gasteiger charge is -2.34. The van der Waals surface area contributed by atoms with Gasteiger partial charge in [0.2, 0.25) is 0 Å². The number of ether oxygens (including phenoxy) is 1. The Morgan fingerprint density at radius 2 is 2.17 bits per heavy atom. The topological polar surface area (TPSA) is 53.0 Å². The van der Waals surface area contributed by atoms with Gasteiger partial charge in [0, 0.05) is 26.2 Å². The second-order valence-corrected chi connectivity index (χ2v) is 5.55. The molecule has 1 heterocycles. The van der Waals surface area contributed by atoms with Crippen LogP contribution in [0.2, 0.25) is 0 Å². The minimum Gasteiger partial charge on any atom is -0.391 e. The van der Waals surface area contributed by atoms with Crippen molar-refractivity contribution in [3.05, 3.63) is 0 Å². The van der Waals surface area contributed by atoms with Gasteiger partial charge in [-0.2, -0.15) is 0 Å². The number of β-amino-alcohol motifs (C(OH)–C–C–N with tert-alkyl or cyclic N) is 1. The lowest BCUT2D eigenvalue weighted by Crippen LogP contribution is -2.52. The molecule has 0 aromatic rings. The average molecular weight is 258 g/mol. The number of nitrogens with zero attached hydrogens (tertiary/aromatic N) is 2. The van der Waals surface area contributed by atoms with Crippen LogP contribution in [0.25, 0.3) is 0 Å². The Hall–Kier alpha value is -0.650. The highest BCUT2D eigenvalue weighted by Crippen LogP contribution is 2.25. The number of aliphatic hydroxyl groups is 1. The second-order valence-electron chi connectivity index (χ2n) is 5.55. The van der Waals surface area contributed by atoms with Crippen LogP contribution in [0, 0.1) is 0 Å². The summed E-state index contributed by atoms with van der Waals surface area (Å²) in [6.45, 7) is 4.93. The number of likely N-dealkylation sites (tertiary alicyclic amines) is 1. The third-order valence-electron chi connectivity index (χ3n) is 3.81. The Kier molecular flexibility index (Phi) is 5.13. The van der Waals surface area contributed by atoms with E-state index in [0.29, 0.717) is 19.4 Å². The van der Waals surface area contributed by atoms with Crippen molar-refractivity contribution in [2.75, 3.05) is 34.3 Å². The van der Waals surface area contributed by atoms with E-state index in [-0.39, 0.29) is 11.9 Å². The highest BCUT2D eigenvalue weighted by atomic mass is 16.5. The summed E-state index contributed by atoms with van der Waals surface area (Å²) in [6, 6.07) is 0.0727. The minimum absolute atomic E-state index is 0.0177. The fraction of sp³-hybridized carbons (Fsp3) is 0.923. The molecule has 18 heavy (non-hydrogen) atoms. The predicted octanol–water partition coefficient (Wildman–Crippen LogP) is 0.325. The smallest absolute Gasteiger partial charge is 0.254 e. The molecule has 1 aliphatic heterocycles. The maximum absolute atomic E-state index is 12.5. The van der Waals surface area contributed by atoms with E-state index in [1.807, 2.05) is 32.8 Å². The summed E-state index contributed by atoms with van der Waals surface area (Å²) >= 11 is 0. The van der Waals surface area contributed by atoms with Gasteiger partial charge in [-0.3, -0.25) is 4.79 Å². The number of likely N-dealkylation sites (N-methyl/N-ethyl adjacent to an activating group) is 1. The molecule has 3 atom stereocenters. The lowest BCUT2D eigenvalue weighted by molar-refractivity contribution is -0.154. The number of aliphatic hydroxyl groups excluding tert-OH is 1. The number of carbonyl (C=O) groups excluding carboxylic acids is 1. The van der Waals surface area contributed by atoms with Crippen LogP contribution >= 0.6 is 0 Å². The van der Waals surface area contributed by atoms with Gasteiger partial charge < -0.3 is 19.6 Å². The second kappa shape index (κ2) is 5.99. The van der Waals surface area contributed by atoms with Gasteiger partial charge >= 0.3 is 0 Å². The third kappa shape index (κ3) is 3.22. The Morgan fingerprint density at radius 1 is 1.56 bits per heavy atom. The van der Waals surface area contributed by atoms with Crippen LogP contribution in [0.15, 0.2) is 0 Å². The van der Waals surface area contributed by atoms with Gasteiger partial charge in [-0.25, -0.2) is 0 Å². The summed E-state index contributed by atoms with van der Waals surface area (Å²) in [4.78, 5) is 16.4. The maximum Gasteiger partial charge on any atom is 0.254 e. The number of rotatable bonds is 5. The first-order chi connectivity index (χ1) is 8.34. The molecule has 3 unspecified atom stereocenters. The van der Waals surface area contributed by atoms with Crippen molar-refractivity contribution in [1.82, 2.24) is 9.80 Å². The summed E-state index contributed by atoms with van der Waals surface area (Å²) in [6.07, 6.45) is 0.855. The molecular weight excluding hydrogens is 232 g/mol. The van der Waals surface area contributed by atoms with Gasteiger partial charge in [0.25, 0.3) is 5.91 Å². The summed E-state index contributed by atoms with van der Waals surface area (Å²) in [5, 5.41) is 9.79. The normalized spacial score (nSPS) is 27.6. The molecule has 0 aromatic carbocycles. The monoisotopic (exact) mass is 258 g/mol. The molecule has 0 aliphatic carbocycles. The number of carbonyl (C=O) groups is 1. The van der Waals surface area contributed by atoms with Gasteiger partial charge in [-0.05, 0) is 33.9 Å². The predicted molar refractivity (Wildman–Crippen MR) is 70.4 cm³/mol. The Balaban J connectivity index is 2.82. The van der Waals surface area contributed by atoms with Crippen molar-refractivity contribution >= 4 is 5.91 Å². The van der Waals surface area contributed by atoms with Crippen molar-refractivity contribution in [3.8, 4) is 0 Å². The maximum atomic E-state index is 12.5. The largest absolute Gasteiger partial charge is 0.391 e. The van der Waals surface area contributed by atoms with Crippen LogP contribution in [-0.2, 0) is 9.53 Å². The van der Waals surface area contributed by atoms with Crippen molar-refractivity contribution in [2.45, 2.75) is 44.4 Å². The first-order valence-corrected chi connectivity index (χ1v) is 6.53. The Labute approximate surface area is 110 Å². The molecule has 0 radical (unpaired) electrons. The zero-order valence-electron chi connectivity index (χ0n) is 12.1. The molecule has 0 aromatic heterocycles. The van der Waals surface area contributed by atoms with Crippen molar-refractivity contribution in [1.29, 1.82) is 0 Å². The van der Waals surface area contributed by atoms with Gasteiger partial charge in [0.05, 0.1) is 6.10 Å². The van der Waals surface area contributed by atoms with Crippen molar-refractivity contribution in [2.24, 2.45) is 0 Å². The molecule has 0 spiro atoms. The SMILES string of the molecule is CCC(C)(OC)C(=O)N1CC(O)CC1CN(C)C. The molecule has 1 N–H and O–H groups in total. The summed E-state index contributed by atoms with van der Waals surface area (Å²) in [5.41, 5.74) is -0.783. The summed E-state index contributed by atoms with van der Waals surface area (Å²) in [7, 11) is 5.51. The van der Waals surface area contributed by atoms with E-state index in [4.69, 9.17) is 4.74 Å². The van der Waals surface area contributed by atoms with E-state index >= 15 is 0 Å². The van der Waals surface area contributed by atoms with E-state index in [2.05, 4.69) is 0 Å². The highest BCUT2D eigenvalue weighted by molar-refractivity contribution is 5.85. The highest BCUT2D eigenvalue weighted by Gasteiger charge is 2.42. The van der Waals surface area contributed by atoms with Gasteiger partial charge in [-0.1, -0.05) is 6.92 Å². The average Bonchev–Trinajstić information content (AvgIpc) is 2.67. The van der Waals surface area contributed by atoms with Crippen LogP contribution in [0.1, 0.15) is 26.7 Å². The van der Waals surface area contributed by atoms with Crippen LogP contribution < -0.4 is 0 Å². The van der Waals surface area contributed by atoms with Crippen molar-refractivity contribution < 1.29 is 14.6 Å². The fourth-order valence-electron chi connectivity index (χ4n) is 2.42. The lowest BCUT2D eigenvalue weighted by atomic mass is 10.0. The van der Waals surface area contributed by atoms with E-state index < -0.39 is 11.7 Å². The quantitative estimate of drug-likeness (QED) is 0.772. The molecule has 0 saturated carbocycles. The third-order valence-corrected chi connectivity index (χ3v) is 3.81. The zero-order chi connectivity index (χ0) is 13.9. The first-order valence-electron chi connectivity index (χ1n) is 6.53. The van der Waals surface area contributed by atoms with Gasteiger partial charge in [0.15, 0.2) is 0 Å². The molecular formula is C13H26N2O3. The van der Waals surface area contributed by atoms with Gasteiger partial charge in [0.1, 0.15) is 5.60 Å². The molecule has 1 saturated heterocycles. The molecule has 1 rings (SSSR count). The number of amides is 1. The summed E-state index contributed by atoms with van der Waals surface area (Å²) < 4.78 is 5.36. The van der Waals surface area contributed by atoms with E-state index in [1.54, 1.807) is 12.0 Å². The Bertz CT molecular complexity index is 290.